The number of amides is 1. The van der Waals surface area contributed by atoms with Crippen molar-refractivity contribution in [1.29, 1.82) is 0 Å². The molecule has 3 aromatic rings. The van der Waals surface area contributed by atoms with Crippen LogP contribution < -0.4 is 16.8 Å². The summed E-state index contributed by atoms with van der Waals surface area (Å²) in [5.41, 5.74) is 15.5. The average Bonchev–Trinajstić information content (AvgIpc) is 3.16. The van der Waals surface area contributed by atoms with E-state index in [1.807, 2.05) is 54.6 Å². The Balaban J connectivity index is 1.75. The quantitative estimate of drug-likeness (QED) is 0.307. The van der Waals surface area contributed by atoms with Crippen molar-refractivity contribution in [3.8, 4) is 0 Å². The van der Waals surface area contributed by atoms with Gasteiger partial charge in [0.1, 0.15) is 5.92 Å². The molecular weight excluding hydrogens is 418 g/mol. The molecule has 33 heavy (non-hydrogen) atoms. The lowest BCUT2D eigenvalue weighted by atomic mass is 9.90. The molecule has 0 spiro atoms. The topological polar surface area (TPSA) is 132 Å². The molecule has 0 aliphatic carbocycles. The minimum Gasteiger partial charge on any atom is -0.465 e. The van der Waals surface area contributed by atoms with Crippen molar-refractivity contribution in [1.82, 2.24) is 0 Å². The maximum Gasteiger partial charge on any atom is 0.337 e. The molecule has 0 bridgehead atoms. The smallest absolute Gasteiger partial charge is 0.337 e. The summed E-state index contributed by atoms with van der Waals surface area (Å²) in [6, 6.07) is 22.1. The van der Waals surface area contributed by atoms with Gasteiger partial charge in [0.2, 0.25) is 5.91 Å². The molecule has 1 aliphatic rings. The molecule has 1 unspecified atom stereocenters. The van der Waals surface area contributed by atoms with Crippen LogP contribution in [0.2, 0.25) is 0 Å². The first kappa shape index (κ1) is 21.8. The van der Waals surface area contributed by atoms with Crippen molar-refractivity contribution >= 4 is 34.9 Å². The van der Waals surface area contributed by atoms with E-state index in [9.17, 15) is 9.59 Å². The Morgan fingerprint density at radius 1 is 1.00 bits per heavy atom. The predicted molar refractivity (Wildman–Crippen MR) is 128 cm³/mol. The van der Waals surface area contributed by atoms with Crippen LogP contribution in [-0.2, 0) is 16.1 Å². The van der Waals surface area contributed by atoms with Crippen molar-refractivity contribution in [2.75, 3.05) is 12.4 Å². The molecule has 166 valence electrons. The van der Waals surface area contributed by atoms with Crippen LogP contribution in [0.25, 0.3) is 0 Å². The molecule has 0 saturated carbocycles. The van der Waals surface area contributed by atoms with Gasteiger partial charge in [-0.1, -0.05) is 48.5 Å². The van der Waals surface area contributed by atoms with Gasteiger partial charge in [0.15, 0.2) is 5.96 Å². The molecule has 0 saturated heterocycles. The summed E-state index contributed by atoms with van der Waals surface area (Å²) in [4.78, 5) is 33.8. The first-order valence-corrected chi connectivity index (χ1v) is 10.3. The van der Waals surface area contributed by atoms with E-state index in [-0.39, 0.29) is 11.9 Å². The number of ether oxygens (including phenoxy) is 1. The van der Waals surface area contributed by atoms with Crippen LogP contribution in [0.4, 0.5) is 11.4 Å². The lowest BCUT2D eigenvalue weighted by Gasteiger charge is -2.14. The number of guanidine groups is 1. The van der Waals surface area contributed by atoms with Crippen LogP contribution >= 0.6 is 0 Å². The fourth-order valence-corrected chi connectivity index (χ4v) is 3.68. The summed E-state index contributed by atoms with van der Waals surface area (Å²) in [5, 5.41) is 2.87. The number of fused-ring (bicyclic) bond motifs is 1. The Morgan fingerprint density at radius 2 is 1.73 bits per heavy atom. The highest BCUT2D eigenvalue weighted by Gasteiger charge is 2.35. The summed E-state index contributed by atoms with van der Waals surface area (Å²) in [7, 11) is 1.32. The molecule has 1 heterocycles. The molecule has 1 aliphatic heterocycles. The Morgan fingerprint density at radius 3 is 2.39 bits per heavy atom. The Hall–Kier alpha value is -4.46. The fourth-order valence-electron chi connectivity index (χ4n) is 3.68. The van der Waals surface area contributed by atoms with Crippen LogP contribution in [0.15, 0.2) is 82.8 Å². The van der Waals surface area contributed by atoms with Gasteiger partial charge < -0.3 is 21.5 Å². The number of benzene rings is 3. The Kier molecular flexibility index (Phi) is 6.17. The molecule has 1 atom stereocenters. The normalized spacial score (nSPS) is 14.9. The highest BCUT2D eigenvalue weighted by atomic mass is 16.5. The molecule has 8 heteroatoms. The number of nitrogens with one attached hydrogen (secondary N) is 1. The van der Waals surface area contributed by atoms with E-state index in [4.69, 9.17) is 21.2 Å². The molecule has 8 nitrogen and oxygen atoms in total. The molecule has 3 aromatic carbocycles. The number of esters is 1. The van der Waals surface area contributed by atoms with Gasteiger partial charge in [-0.15, -0.1) is 0 Å². The van der Waals surface area contributed by atoms with Crippen LogP contribution in [0, 0.1) is 0 Å². The number of carbonyl (C=O) groups excluding carboxylic acids is 2. The zero-order valence-electron chi connectivity index (χ0n) is 18.0. The third-order valence-corrected chi connectivity index (χ3v) is 5.28. The number of methoxy groups -OCH3 is 1. The largest absolute Gasteiger partial charge is 0.465 e. The average molecular weight is 441 g/mol. The molecular formula is C25H23N5O3. The van der Waals surface area contributed by atoms with Crippen LogP contribution in [0.5, 0.6) is 0 Å². The van der Waals surface area contributed by atoms with Gasteiger partial charge in [0.25, 0.3) is 0 Å². The van der Waals surface area contributed by atoms with Crippen molar-refractivity contribution in [3.05, 3.63) is 95.1 Å². The van der Waals surface area contributed by atoms with Crippen LogP contribution in [0.1, 0.15) is 33.0 Å². The Bertz CT molecular complexity index is 1250. The SMILES string of the molecule is COC(=O)c1ccc2c(c1)NC(=O)C2C(=Nc1ccc(CN=C(N)N)cc1)c1ccccc1. The van der Waals surface area contributed by atoms with Gasteiger partial charge in [-0.2, -0.15) is 0 Å². The van der Waals surface area contributed by atoms with Gasteiger partial charge in [0, 0.05) is 5.69 Å². The van der Waals surface area contributed by atoms with Crippen LogP contribution in [-0.4, -0.2) is 30.7 Å². The second kappa shape index (κ2) is 9.35. The van der Waals surface area contributed by atoms with Crippen molar-refractivity contribution in [2.45, 2.75) is 12.5 Å². The van der Waals surface area contributed by atoms with E-state index in [1.54, 1.807) is 18.2 Å². The first-order chi connectivity index (χ1) is 16.0. The number of hydrogen-bond acceptors (Lipinski definition) is 5. The highest BCUT2D eigenvalue weighted by molar-refractivity contribution is 6.24. The van der Waals surface area contributed by atoms with Crippen molar-refractivity contribution in [2.24, 2.45) is 21.5 Å². The van der Waals surface area contributed by atoms with Crippen molar-refractivity contribution in [3.63, 3.8) is 0 Å². The first-order valence-electron chi connectivity index (χ1n) is 10.3. The standard InChI is InChI=1S/C25H23N5O3/c1-33-24(32)17-9-12-19-20(13-17)30-23(31)21(19)22(16-5-3-2-4-6-16)29-18-10-7-15(8-11-18)14-28-25(26)27/h2-13,21H,14H2,1H3,(H,30,31)(H4,26,27,28). The summed E-state index contributed by atoms with van der Waals surface area (Å²) >= 11 is 0. The fraction of sp³-hybridized carbons (Fsp3) is 0.120. The second-order valence-electron chi connectivity index (χ2n) is 7.49. The molecule has 0 radical (unpaired) electrons. The van der Waals surface area contributed by atoms with E-state index < -0.39 is 11.9 Å². The lowest BCUT2D eigenvalue weighted by molar-refractivity contribution is -0.115. The lowest BCUT2D eigenvalue weighted by Crippen LogP contribution is -2.22. The third-order valence-electron chi connectivity index (χ3n) is 5.28. The number of anilines is 1. The predicted octanol–water partition coefficient (Wildman–Crippen LogP) is 3.10. The maximum absolute atomic E-state index is 13.0. The van der Waals surface area contributed by atoms with Crippen molar-refractivity contribution < 1.29 is 14.3 Å². The molecule has 0 aromatic heterocycles. The summed E-state index contributed by atoms with van der Waals surface area (Å²) < 4.78 is 4.79. The Labute approximate surface area is 191 Å². The zero-order chi connectivity index (χ0) is 23.4. The van der Waals surface area contributed by atoms with E-state index in [0.29, 0.717) is 29.2 Å². The summed E-state index contributed by atoms with van der Waals surface area (Å²) in [6.45, 7) is 0.374. The molecule has 0 fully saturated rings. The van der Waals surface area contributed by atoms with Gasteiger partial charge in [-0.05, 0) is 41.0 Å². The number of hydrogen-bond donors (Lipinski definition) is 3. The number of aliphatic imine (C=N–C) groups is 2. The van der Waals surface area contributed by atoms with E-state index in [0.717, 1.165) is 16.7 Å². The molecule has 4 rings (SSSR count). The van der Waals surface area contributed by atoms with E-state index in [2.05, 4.69) is 10.3 Å². The zero-order valence-corrected chi connectivity index (χ0v) is 18.0. The monoisotopic (exact) mass is 441 g/mol. The summed E-state index contributed by atoms with van der Waals surface area (Å²) in [6.07, 6.45) is 0. The van der Waals surface area contributed by atoms with Gasteiger partial charge in [-0.25, -0.2) is 9.79 Å². The van der Waals surface area contributed by atoms with E-state index in [1.165, 1.54) is 7.11 Å². The minimum absolute atomic E-state index is 0.0322. The number of rotatable bonds is 6. The van der Waals surface area contributed by atoms with Crippen LogP contribution in [0.3, 0.4) is 0 Å². The number of nitrogens with two attached hydrogens (primary N) is 2. The van der Waals surface area contributed by atoms with Gasteiger partial charge >= 0.3 is 5.97 Å². The van der Waals surface area contributed by atoms with Gasteiger partial charge in [0.05, 0.1) is 30.6 Å². The minimum atomic E-state index is -0.629. The van der Waals surface area contributed by atoms with Gasteiger partial charge in [-0.3, -0.25) is 9.79 Å². The number of nitrogens with zero attached hydrogens (tertiary/aromatic N) is 2. The summed E-state index contributed by atoms with van der Waals surface area (Å²) in [5.74, 6) is -1.27. The van der Waals surface area contributed by atoms with E-state index >= 15 is 0 Å². The maximum atomic E-state index is 13.0. The molecule has 1 amide bonds. The molecule has 5 N–H and O–H groups in total. The second-order valence-corrected chi connectivity index (χ2v) is 7.49. The third kappa shape index (κ3) is 4.74. The number of carbonyl (C=O) groups is 2. The highest BCUT2D eigenvalue weighted by Crippen LogP contribution is 2.37.